The Kier molecular flexibility index (Phi) is 5.78. The summed E-state index contributed by atoms with van der Waals surface area (Å²) in [6.45, 7) is 2.47. The fraction of sp³-hybridized carbons (Fsp3) is 0.0909. The fourth-order valence-corrected chi connectivity index (χ4v) is 2.41. The van der Waals surface area contributed by atoms with Crippen molar-refractivity contribution in [3.8, 4) is 5.75 Å². The van der Waals surface area contributed by atoms with E-state index < -0.39 is 0 Å². The number of benzene rings is 3. The van der Waals surface area contributed by atoms with Crippen molar-refractivity contribution < 1.29 is 9.53 Å². The van der Waals surface area contributed by atoms with Gasteiger partial charge in [-0.3, -0.25) is 4.79 Å². The Morgan fingerprint density at radius 2 is 1.77 bits per heavy atom. The maximum absolute atomic E-state index is 12.0. The lowest BCUT2D eigenvalue weighted by molar-refractivity contribution is 0.0955. The fourth-order valence-electron chi connectivity index (χ4n) is 2.41. The number of rotatable bonds is 6. The molecule has 0 aliphatic carbocycles. The highest BCUT2D eigenvalue weighted by molar-refractivity contribution is 5.95. The Morgan fingerprint density at radius 3 is 2.50 bits per heavy atom. The summed E-state index contributed by atoms with van der Waals surface area (Å²) in [7, 11) is 0. The van der Waals surface area contributed by atoms with Crippen LogP contribution < -0.4 is 10.2 Å². The van der Waals surface area contributed by atoms with E-state index in [4.69, 9.17) is 4.74 Å². The van der Waals surface area contributed by atoms with Crippen molar-refractivity contribution >= 4 is 12.1 Å². The smallest absolute Gasteiger partial charge is 0.271 e. The Balaban J connectivity index is 1.52. The van der Waals surface area contributed by atoms with Gasteiger partial charge < -0.3 is 4.74 Å². The number of aryl methyl sites for hydroxylation is 1. The van der Waals surface area contributed by atoms with E-state index in [0.29, 0.717) is 12.2 Å². The molecule has 0 unspecified atom stereocenters. The number of amides is 1. The maximum Gasteiger partial charge on any atom is 0.271 e. The summed E-state index contributed by atoms with van der Waals surface area (Å²) in [5, 5.41) is 4.01. The molecule has 0 radical (unpaired) electrons. The van der Waals surface area contributed by atoms with Crippen LogP contribution in [0.3, 0.4) is 0 Å². The predicted molar refractivity (Wildman–Crippen MR) is 103 cm³/mol. The normalized spacial score (nSPS) is 10.7. The van der Waals surface area contributed by atoms with Crippen LogP contribution in [0.25, 0.3) is 0 Å². The molecule has 0 heterocycles. The second kappa shape index (κ2) is 8.62. The molecule has 3 aromatic carbocycles. The van der Waals surface area contributed by atoms with Crippen LogP contribution in [0.1, 0.15) is 27.0 Å². The van der Waals surface area contributed by atoms with Crippen LogP contribution in [-0.4, -0.2) is 12.1 Å². The summed E-state index contributed by atoms with van der Waals surface area (Å²) >= 11 is 0. The van der Waals surface area contributed by atoms with Crippen molar-refractivity contribution in [3.63, 3.8) is 0 Å². The van der Waals surface area contributed by atoms with Gasteiger partial charge >= 0.3 is 0 Å². The standard InChI is InChI=1S/C22H20N2O2/c1-17-6-5-9-20(14-17)22(25)24-23-15-18-10-12-21(13-11-18)26-16-19-7-3-2-4-8-19/h2-15H,16H2,1H3,(H,24,25). The van der Waals surface area contributed by atoms with Gasteiger partial charge in [0.05, 0.1) is 6.21 Å². The second-order valence-corrected chi connectivity index (χ2v) is 5.91. The van der Waals surface area contributed by atoms with Gasteiger partial charge in [0.2, 0.25) is 0 Å². The Hall–Kier alpha value is -3.40. The van der Waals surface area contributed by atoms with Crippen LogP contribution in [-0.2, 0) is 6.61 Å². The first-order valence-corrected chi connectivity index (χ1v) is 8.37. The SMILES string of the molecule is Cc1cccc(C(=O)NN=Cc2ccc(OCc3ccccc3)cc2)c1. The lowest BCUT2D eigenvalue weighted by Crippen LogP contribution is -2.17. The van der Waals surface area contributed by atoms with Gasteiger partial charge in [0.1, 0.15) is 12.4 Å². The average molecular weight is 344 g/mol. The summed E-state index contributed by atoms with van der Waals surface area (Å²) < 4.78 is 5.74. The second-order valence-electron chi connectivity index (χ2n) is 5.91. The van der Waals surface area contributed by atoms with E-state index >= 15 is 0 Å². The van der Waals surface area contributed by atoms with Gasteiger partial charge in [-0.2, -0.15) is 5.10 Å². The summed E-state index contributed by atoms with van der Waals surface area (Å²) in [6, 6.07) is 24.9. The molecule has 0 aliphatic heterocycles. The molecular weight excluding hydrogens is 324 g/mol. The van der Waals surface area contributed by atoms with E-state index in [-0.39, 0.29) is 5.91 Å². The summed E-state index contributed by atoms with van der Waals surface area (Å²) in [5.41, 5.74) is 6.16. The Morgan fingerprint density at radius 1 is 1.00 bits per heavy atom. The molecule has 0 fully saturated rings. The molecule has 130 valence electrons. The maximum atomic E-state index is 12.0. The number of hydrogen-bond donors (Lipinski definition) is 1. The van der Waals surface area contributed by atoms with E-state index in [1.54, 1.807) is 12.3 Å². The highest BCUT2D eigenvalue weighted by Gasteiger charge is 2.03. The molecule has 26 heavy (non-hydrogen) atoms. The molecule has 0 saturated heterocycles. The van der Waals surface area contributed by atoms with Gasteiger partial charge in [-0.15, -0.1) is 0 Å². The zero-order valence-corrected chi connectivity index (χ0v) is 14.6. The minimum Gasteiger partial charge on any atom is -0.489 e. The van der Waals surface area contributed by atoms with Crippen molar-refractivity contribution in [2.45, 2.75) is 13.5 Å². The van der Waals surface area contributed by atoms with Crippen molar-refractivity contribution in [3.05, 3.63) is 101 Å². The molecule has 3 aromatic rings. The zero-order valence-electron chi connectivity index (χ0n) is 14.6. The molecule has 0 aromatic heterocycles. The number of ether oxygens (including phenoxy) is 1. The van der Waals surface area contributed by atoms with Gasteiger partial charge in [-0.25, -0.2) is 5.43 Å². The quantitative estimate of drug-likeness (QED) is 0.534. The molecule has 3 rings (SSSR count). The molecule has 4 heteroatoms. The van der Waals surface area contributed by atoms with E-state index in [1.807, 2.05) is 79.7 Å². The first-order valence-electron chi connectivity index (χ1n) is 8.37. The Bertz CT molecular complexity index is 888. The molecule has 1 amide bonds. The van der Waals surface area contributed by atoms with Crippen molar-refractivity contribution in [2.75, 3.05) is 0 Å². The third-order valence-electron chi connectivity index (χ3n) is 3.79. The molecule has 1 N–H and O–H groups in total. The third-order valence-corrected chi connectivity index (χ3v) is 3.79. The van der Waals surface area contributed by atoms with Gasteiger partial charge in [0.15, 0.2) is 0 Å². The summed E-state index contributed by atoms with van der Waals surface area (Å²) in [5.74, 6) is 0.558. The lowest BCUT2D eigenvalue weighted by atomic mass is 10.1. The van der Waals surface area contributed by atoms with E-state index in [2.05, 4.69) is 10.5 Å². The van der Waals surface area contributed by atoms with Crippen molar-refractivity contribution in [1.82, 2.24) is 5.43 Å². The van der Waals surface area contributed by atoms with Crippen LogP contribution in [0.15, 0.2) is 84.0 Å². The van der Waals surface area contributed by atoms with Crippen LogP contribution in [0.4, 0.5) is 0 Å². The lowest BCUT2D eigenvalue weighted by Gasteiger charge is -2.06. The zero-order chi connectivity index (χ0) is 18.2. The minimum absolute atomic E-state index is 0.229. The predicted octanol–water partition coefficient (Wildman–Crippen LogP) is 4.34. The summed E-state index contributed by atoms with van der Waals surface area (Å²) in [4.78, 5) is 12.0. The van der Waals surface area contributed by atoms with Crippen LogP contribution in [0.2, 0.25) is 0 Å². The highest BCUT2D eigenvalue weighted by Crippen LogP contribution is 2.13. The van der Waals surface area contributed by atoms with Gasteiger partial charge in [-0.1, -0.05) is 48.0 Å². The Labute approximate surface area is 153 Å². The van der Waals surface area contributed by atoms with E-state index in [9.17, 15) is 4.79 Å². The molecule has 0 aliphatic rings. The number of hydrogen-bond acceptors (Lipinski definition) is 3. The molecule has 0 atom stereocenters. The number of hydrazone groups is 1. The van der Waals surface area contributed by atoms with Crippen LogP contribution >= 0.6 is 0 Å². The highest BCUT2D eigenvalue weighted by atomic mass is 16.5. The number of nitrogens with one attached hydrogen (secondary N) is 1. The van der Waals surface area contributed by atoms with E-state index in [0.717, 1.165) is 22.4 Å². The van der Waals surface area contributed by atoms with Gasteiger partial charge in [0, 0.05) is 5.56 Å². The number of nitrogens with zero attached hydrogens (tertiary/aromatic N) is 1. The molecule has 0 spiro atoms. The molecule has 0 bridgehead atoms. The summed E-state index contributed by atoms with van der Waals surface area (Å²) in [6.07, 6.45) is 1.61. The van der Waals surface area contributed by atoms with Crippen molar-refractivity contribution in [1.29, 1.82) is 0 Å². The van der Waals surface area contributed by atoms with Crippen LogP contribution in [0.5, 0.6) is 5.75 Å². The largest absolute Gasteiger partial charge is 0.489 e. The van der Waals surface area contributed by atoms with E-state index in [1.165, 1.54) is 0 Å². The third kappa shape index (κ3) is 5.05. The number of carbonyl (C=O) groups is 1. The average Bonchev–Trinajstić information content (AvgIpc) is 2.68. The molecule has 4 nitrogen and oxygen atoms in total. The van der Waals surface area contributed by atoms with Crippen LogP contribution in [0, 0.1) is 6.92 Å². The molecule has 0 saturated carbocycles. The number of carbonyl (C=O) groups excluding carboxylic acids is 1. The first-order chi connectivity index (χ1) is 12.7. The van der Waals surface area contributed by atoms with Gasteiger partial charge in [0.25, 0.3) is 5.91 Å². The first kappa shape index (κ1) is 17.4. The van der Waals surface area contributed by atoms with Crippen molar-refractivity contribution in [2.24, 2.45) is 5.10 Å². The molecular formula is C22H20N2O2. The minimum atomic E-state index is -0.229. The van der Waals surface area contributed by atoms with Gasteiger partial charge in [-0.05, 0) is 54.4 Å². The topological polar surface area (TPSA) is 50.7 Å². The monoisotopic (exact) mass is 344 g/mol.